The van der Waals surface area contributed by atoms with Gasteiger partial charge in [-0.2, -0.15) is 0 Å². The maximum atomic E-state index is 13.5. The lowest BCUT2D eigenvalue weighted by Crippen LogP contribution is -2.21. The van der Waals surface area contributed by atoms with E-state index in [1.165, 1.54) is 11.8 Å². The Labute approximate surface area is 206 Å². The maximum Gasteiger partial charge on any atom is 0.266 e. The molecule has 0 saturated carbocycles. The third kappa shape index (κ3) is 4.40. The Morgan fingerprint density at radius 1 is 0.943 bits per heavy atom. The number of aryl methyl sites for hydroxylation is 1. The molecule has 0 amide bonds. The fourth-order valence-corrected chi connectivity index (χ4v) is 4.83. The van der Waals surface area contributed by atoms with Gasteiger partial charge in [0.2, 0.25) is 5.89 Å². The second kappa shape index (κ2) is 9.68. The number of fused-ring (bicyclic) bond motifs is 1. The van der Waals surface area contributed by atoms with Crippen molar-refractivity contribution in [2.75, 3.05) is 14.2 Å². The Kier molecular flexibility index (Phi) is 6.29. The largest absolute Gasteiger partial charge is 0.497 e. The monoisotopic (exact) mass is 485 g/mol. The number of thioether (sulfide) groups is 1. The molecule has 0 aliphatic heterocycles. The van der Waals surface area contributed by atoms with Crippen molar-refractivity contribution in [3.05, 3.63) is 94.6 Å². The molecule has 8 heteroatoms. The third-order valence-corrected chi connectivity index (χ3v) is 6.57. The van der Waals surface area contributed by atoms with Crippen molar-refractivity contribution in [1.29, 1.82) is 0 Å². The fraction of sp³-hybridized carbons (Fsp3) is 0.148. The number of methoxy groups -OCH3 is 2. The highest BCUT2D eigenvalue weighted by molar-refractivity contribution is 7.98. The van der Waals surface area contributed by atoms with Gasteiger partial charge in [0.25, 0.3) is 5.56 Å². The highest BCUT2D eigenvalue weighted by atomic mass is 32.2. The van der Waals surface area contributed by atoms with Crippen LogP contribution in [0.15, 0.2) is 87.2 Å². The molecular formula is C27H23N3O4S. The molecule has 0 aliphatic carbocycles. The zero-order valence-electron chi connectivity index (χ0n) is 19.5. The van der Waals surface area contributed by atoms with Crippen LogP contribution in [0.25, 0.3) is 28.0 Å². The molecule has 0 unspecified atom stereocenters. The third-order valence-electron chi connectivity index (χ3n) is 5.62. The lowest BCUT2D eigenvalue weighted by Gasteiger charge is -2.13. The van der Waals surface area contributed by atoms with E-state index in [2.05, 4.69) is 0 Å². The van der Waals surface area contributed by atoms with Crippen LogP contribution in [-0.4, -0.2) is 28.8 Å². The number of benzene rings is 3. The van der Waals surface area contributed by atoms with Crippen LogP contribution in [0, 0.1) is 6.92 Å². The molecule has 0 N–H and O–H groups in total. The van der Waals surface area contributed by atoms with Crippen LogP contribution in [0.4, 0.5) is 0 Å². The van der Waals surface area contributed by atoms with Crippen molar-refractivity contribution in [3.8, 4) is 28.6 Å². The lowest BCUT2D eigenvalue weighted by molar-refractivity contribution is 0.414. The van der Waals surface area contributed by atoms with Gasteiger partial charge < -0.3 is 13.9 Å². The van der Waals surface area contributed by atoms with Gasteiger partial charge in [0, 0.05) is 11.8 Å². The van der Waals surface area contributed by atoms with Crippen molar-refractivity contribution in [2.24, 2.45) is 0 Å². The number of para-hydroxylation sites is 2. The minimum absolute atomic E-state index is 0.141. The van der Waals surface area contributed by atoms with Gasteiger partial charge in [-0.05, 0) is 43.3 Å². The van der Waals surface area contributed by atoms with Crippen LogP contribution >= 0.6 is 11.8 Å². The number of hydrogen-bond acceptors (Lipinski definition) is 7. The molecule has 0 fully saturated rings. The van der Waals surface area contributed by atoms with Crippen LogP contribution in [0.2, 0.25) is 0 Å². The van der Waals surface area contributed by atoms with Crippen LogP contribution in [0.1, 0.15) is 11.5 Å². The predicted molar refractivity (Wildman–Crippen MR) is 137 cm³/mol. The van der Waals surface area contributed by atoms with Crippen LogP contribution in [-0.2, 0) is 5.75 Å². The van der Waals surface area contributed by atoms with Crippen LogP contribution in [0.3, 0.4) is 0 Å². The number of hydrogen-bond donors (Lipinski definition) is 0. The van der Waals surface area contributed by atoms with Crippen molar-refractivity contribution in [2.45, 2.75) is 17.8 Å². The molecule has 0 radical (unpaired) electrons. The van der Waals surface area contributed by atoms with Gasteiger partial charge in [-0.1, -0.05) is 42.1 Å². The molecular weight excluding hydrogens is 462 g/mol. The van der Waals surface area contributed by atoms with Gasteiger partial charge >= 0.3 is 0 Å². The van der Waals surface area contributed by atoms with E-state index in [4.69, 9.17) is 23.9 Å². The van der Waals surface area contributed by atoms with Gasteiger partial charge in [0.05, 0.1) is 42.1 Å². The molecule has 0 bridgehead atoms. The summed E-state index contributed by atoms with van der Waals surface area (Å²) >= 11 is 1.43. The first-order valence-corrected chi connectivity index (χ1v) is 12.0. The molecule has 2 heterocycles. The number of rotatable bonds is 7. The lowest BCUT2D eigenvalue weighted by atomic mass is 10.2. The first-order valence-electron chi connectivity index (χ1n) is 11.0. The highest BCUT2D eigenvalue weighted by Crippen LogP contribution is 2.32. The second-order valence-corrected chi connectivity index (χ2v) is 8.71. The Balaban J connectivity index is 1.55. The Morgan fingerprint density at radius 3 is 2.57 bits per heavy atom. The van der Waals surface area contributed by atoms with E-state index in [1.54, 1.807) is 24.9 Å². The minimum Gasteiger partial charge on any atom is -0.497 e. The zero-order valence-corrected chi connectivity index (χ0v) is 20.3. The molecule has 176 valence electrons. The van der Waals surface area contributed by atoms with Crippen molar-refractivity contribution < 1.29 is 13.9 Å². The van der Waals surface area contributed by atoms with Gasteiger partial charge in [0.1, 0.15) is 17.3 Å². The quantitative estimate of drug-likeness (QED) is 0.217. The Bertz CT molecular complexity index is 1570. The van der Waals surface area contributed by atoms with E-state index in [9.17, 15) is 4.79 Å². The van der Waals surface area contributed by atoms with E-state index in [0.717, 1.165) is 11.3 Å². The Hall–Kier alpha value is -4.04. The molecule has 0 spiro atoms. The van der Waals surface area contributed by atoms with Crippen molar-refractivity contribution >= 4 is 22.7 Å². The molecule has 5 aromatic rings. The van der Waals surface area contributed by atoms with Crippen molar-refractivity contribution in [3.63, 3.8) is 0 Å². The molecule has 0 aliphatic rings. The van der Waals surface area contributed by atoms with Gasteiger partial charge in [0.15, 0.2) is 5.16 Å². The summed E-state index contributed by atoms with van der Waals surface area (Å²) in [6, 6.07) is 22.3. The average Bonchev–Trinajstić information content (AvgIpc) is 3.27. The zero-order chi connectivity index (χ0) is 24.4. The molecule has 5 rings (SSSR count). The molecule has 2 aromatic heterocycles. The maximum absolute atomic E-state index is 13.5. The molecule has 7 nitrogen and oxygen atoms in total. The second-order valence-electron chi connectivity index (χ2n) is 7.76. The van der Waals surface area contributed by atoms with Gasteiger partial charge in [-0.15, -0.1) is 0 Å². The standard InChI is InChI=1S/C27H23N3O4S/c1-17-23(28-25(34-17)21-12-5-7-14-24(21)33-3)16-35-27-29-22-13-6-4-11-20(22)26(31)30(27)18-9-8-10-19(15-18)32-2/h4-15H,16H2,1-3H3. The summed E-state index contributed by atoms with van der Waals surface area (Å²) in [7, 11) is 3.22. The number of nitrogens with zero attached hydrogens (tertiary/aromatic N) is 3. The highest BCUT2D eigenvalue weighted by Gasteiger charge is 2.18. The fourth-order valence-electron chi connectivity index (χ4n) is 3.82. The van der Waals surface area contributed by atoms with E-state index < -0.39 is 0 Å². The van der Waals surface area contributed by atoms with E-state index in [0.29, 0.717) is 50.6 Å². The topological polar surface area (TPSA) is 79.4 Å². The first-order chi connectivity index (χ1) is 17.1. The molecule has 35 heavy (non-hydrogen) atoms. The van der Waals surface area contributed by atoms with Crippen molar-refractivity contribution in [1.82, 2.24) is 14.5 Å². The van der Waals surface area contributed by atoms with E-state index >= 15 is 0 Å². The summed E-state index contributed by atoms with van der Waals surface area (Å²) in [6.45, 7) is 1.88. The number of aromatic nitrogens is 3. The summed E-state index contributed by atoms with van der Waals surface area (Å²) in [5.74, 6) is 3.02. The molecule has 0 atom stereocenters. The molecule has 3 aromatic carbocycles. The number of ether oxygens (including phenoxy) is 2. The van der Waals surface area contributed by atoms with Gasteiger partial charge in [-0.25, -0.2) is 9.97 Å². The predicted octanol–water partition coefficient (Wildman–Crippen LogP) is 5.66. The normalized spacial score (nSPS) is 11.1. The minimum atomic E-state index is -0.141. The molecule has 0 saturated heterocycles. The van der Waals surface area contributed by atoms with Gasteiger partial charge in [-0.3, -0.25) is 9.36 Å². The number of oxazole rings is 1. The summed E-state index contributed by atoms with van der Waals surface area (Å²) in [5.41, 5.74) is 2.74. The summed E-state index contributed by atoms with van der Waals surface area (Å²) in [4.78, 5) is 23.0. The average molecular weight is 486 g/mol. The summed E-state index contributed by atoms with van der Waals surface area (Å²) < 4.78 is 18.4. The smallest absolute Gasteiger partial charge is 0.266 e. The van der Waals surface area contributed by atoms with Crippen LogP contribution in [0.5, 0.6) is 11.5 Å². The van der Waals surface area contributed by atoms with E-state index in [-0.39, 0.29) is 5.56 Å². The SMILES string of the molecule is COc1cccc(-n2c(SCc3nc(-c4ccccc4OC)oc3C)nc3ccccc3c2=O)c1. The van der Waals surface area contributed by atoms with Crippen LogP contribution < -0.4 is 15.0 Å². The first kappa shape index (κ1) is 22.7. The Morgan fingerprint density at radius 2 is 1.74 bits per heavy atom. The van der Waals surface area contributed by atoms with E-state index in [1.807, 2.05) is 73.7 Å². The summed E-state index contributed by atoms with van der Waals surface area (Å²) in [6.07, 6.45) is 0. The summed E-state index contributed by atoms with van der Waals surface area (Å²) in [5, 5.41) is 1.11.